The van der Waals surface area contributed by atoms with E-state index in [0.29, 0.717) is 6.17 Å². The lowest BCUT2D eigenvalue weighted by molar-refractivity contribution is 0.226. The average molecular weight is 172 g/mol. The Kier molecular flexibility index (Phi) is 1.91. The third-order valence-electron chi connectivity index (χ3n) is 1.81. The largest absolute Gasteiger partial charge is 0.289 e. The fourth-order valence-corrected chi connectivity index (χ4v) is 2.02. The van der Waals surface area contributed by atoms with E-state index in [1.807, 2.05) is 0 Å². The maximum atomic E-state index is 4.24. The van der Waals surface area contributed by atoms with Crippen LogP contribution < -0.4 is 10.9 Å². The Morgan fingerprint density at radius 2 is 2.73 bits per heavy atom. The molecule has 0 amide bonds. The van der Waals surface area contributed by atoms with E-state index >= 15 is 0 Å². The predicted octanol–water partition coefficient (Wildman–Crippen LogP) is 0.150. The monoisotopic (exact) mass is 172 g/mol. The molecule has 0 aromatic rings. The second kappa shape index (κ2) is 2.91. The van der Waals surface area contributed by atoms with Crippen molar-refractivity contribution in [3.8, 4) is 0 Å². The van der Waals surface area contributed by atoms with Gasteiger partial charge in [0.2, 0.25) is 0 Å². The Balaban J connectivity index is 2.04. The SMILES string of the molecule is CCC1NN=C2SCCN2N1. The van der Waals surface area contributed by atoms with Gasteiger partial charge in [0, 0.05) is 12.3 Å². The molecule has 0 radical (unpaired) electrons. The summed E-state index contributed by atoms with van der Waals surface area (Å²) in [7, 11) is 0. The van der Waals surface area contributed by atoms with Crippen LogP contribution in [0.2, 0.25) is 0 Å². The highest BCUT2D eigenvalue weighted by molar-refractivity contribution is 8.14. The van der Waals surface area contributed by atoms with Crippen LogP contribution >= 0.6 is 11.8 Å². The molecule has 2 rings (SSSR count). The molecule has 2 aliphatic rings. The minimum absolute atomic E-state index is 0.317. The smallest absolute Gasteiger partial charge is 0.197 e. The van der Waals surface area contributed by atoms with E-state index in [4.69, 9.17) is 0 Å². The summed E-state index contributed by atoms with van der Waals surface area (Å²) < 4.78 is 0. The lowest BCUT2D eigenvalue weighted by Gasteiger charge is -2.29. The Morgan fingerprint density at radius 3 is 3.55 bits per heavy atom. The Morgan fingerprint density at radius 1 is 1.82 bits per heavy atom. The normalized spacial score (nSPS) is 29.4. The number of nitrogens with zero attached hydrogens (tertiary/aromatic N) is 2. The maximum absolute atomic E-state index is 4.24. The number of fused-ring (bicyclic) bond motifs is 1. The first kappa shape index (κ1) is 7.24. The van der Waals surface area contributed by atoms with E-state index < -0.39 is 0 Å². The molecular formula is C6H12N4S. The number of hydrazone groups is 1. The Labute approximate surface area is 70.4 Å². The number of hydrogen-bond acceptors (Lipinski definition) is 5. The van der Waals surface area contributed by atoms with E-state index in [1.165, 1.54) is 0 Å². The zero-order valence-electron chi connectivity index (χ0n) is 6.50. The van der Waals surface area contributed by atoms with Gasteiger partial charge < -0.3 is 0 Å². The number of hydrazine groups is 1. The van der Waals surface area contributed by atoms with Crippen LogP contribution in [0.4, 0.5) is 0 Å². The Bertz CT molecular complexity index is 181. The van der Waals surface area contributed by atoms with Gasteiger partial charge in [-0.1, -0.05) is 18.7 Å². The highest BCUT2D eigenvalue weighted by Gasteiger charge is 2.25. The molecule has 5 heteroatoms. The number of amidine groups is 1. The van der Waals surface area contributed by atoms with E-state index in [0.717, 1.165) is 23.9 Å². The quantitative estimate of drug-likeness (QED) is 0.590. The van der Waals surface area contributed by atoms with Crippen molar-refractivity contribution in [2.75, 3.05) is 12.3 Å². The molecule has 62 valence electrons. The predicted molar refractivity (Wildman–Crippen MR) is 46.9 cm³/mol. The van der Waals surface area contributed by atoms with Gasteiger partial charge in [0.05, 0.1) is 0 Å². The average Bonchev–Trinajstić information content (AvgIpc) is 2.50. The van der Waals surface area contributed by atoms with Gasteiger partial charge in [0.1, 0.15) is 6.17 Å². The minimum atomic E-state index is 0.317. The van der Waals surface area contributed by atoms with Crippen molar-refractivity contribution in [1.29, 1.82) is 0 Å². The number of rotatable bonds is 1. The first-order valence-electron chi connectivity index (χ1n) is 3.90. The Hall–Kier alpha value is -0.420. The molecule has 0 saturated carbocycles. The van der Waals surface area contributed by atoms with Crippen LogP contribution in [0.15, 0.2) is 5.10 Å². The summed E-state index contributed by atoms with van der Waals surface area (Å²) in [4.78, 5) is 0. The van der Waals surface area contributed by atoms with Gasteiger partial charge >= 0.3 is 0 Å². The van der Waals surface area contributed by atoms with Gasteiger partial charge in [-0.05, 0) is 6.42 Å². The van der Waals surface area contributed by atoms with Crippen molar-refractivity contribution >= 4 is 16.9 Å². The van der Waals surface area contributed by atoms with Crippen molar-refractivity contribution in [1.82, 2.24) is 15.9 Å². The molecule has 2 aliphatic heterocycles. The summed E-state index contributed by atoms with van der Waals surface area (Å²) in [6.07, 6.45) is 1.37. The standard InChI is InChI=1S/C6H12N4S/c1-2-5-7-8-6-10(9-5)3-4-11-6/h5,7,9H,2-4H2,1H3. The van der Waals surface area contributed by atoms with Crippen molar-refractivity contribution in [2.24, 2.45) is 5.10 Å². The molecule has 1 saturated heterocycles. The number of nitrogens with one attached hydrogen (secondary N) is 2. The third kappa shape index (κ3) is 1.30. The van der Waals surface area contributed by atoms with Gasteiger partial charge in [-0.2, -0.15) is 5.10 Å². The summed E-state index contributed by atoms with van der Waals surface area (Å²) >= 11 is 1.79. The van der Waals surface area contributed by atoms with Crippen LogP contribution in [0.3, 0.4) is 0 Å². The van der Waals surface area contributed by atoms with Crippen molar-refractivity contribution < 1.29 is 0 Å². The second-order valence-corrected chi connectivity index (χ2v) is 3.68. The van der Waals surface area contributed by atoms with Crippen molar-refractivity contribution in [2.45, 2.75) is 19.5 Å². The summed E-state index contributed by atoms with van der Waals surface area (Å²) in [5.74, 6) is 1.14. The summed E-state index contributed by atoms with van der Waals surface area (Å²) in [6.45, 7) is 3.20. The highest BCUT2D eigenvalue weighted by atomic mass is 32.2. The van der Waals surface area contributed by atoms with E-state index in [9.17, 15) is 0 Å². The van der Waals surface area contributed by atoms with Crippen LogP contribution in [-0.4, -0.2) is 28.6 Å². The highest BCUT2D eigenvalue weighted by Crippen LogP contribution is 2.17. The molecule has 0 spiro atoms. The summed E-state index contributed by atoms with van der Waals surface area (Å²) in [5, 5.41) is 7.44. The number of hydrogen-bond donors (Lipinski definition) is 2. The summed E-state index contributed by atoms with van der Waals surface area (Å²) in [5.41, 5.74) is 6.39. The molecule has 2 heterocycles. The van der Waals surface area contributed by atoms with E-state index in [1.54, 1.807) is 11.8 Å². The molecular weight excluding hydrogens is 160 g/mol. The molecule has 0 bridgehead atoms. The van der Waals surface area contributed by atoms with Gasteiger partial charge in [-0.25, -0.2) is 5.43 Å². The first-order valence-corrected chi connectivity index (χ1v) is 4.88. The summed E-state index contributed by atoms with van der Waals surface area (Å²) in [6, 6.07) is 0. The topological polar surface area (TPSA) is 39.7 Å². The maximum Gasteiger partial charge on any atom is 0.197 e. The third-order valence-corrected chi connectivity index (χ3v) is 2.77. The lowest BCUT2D eigenvalue weighted by Crippen LogP contribution is -2.54. The van der Waals surface area contributed by atoms with Crippen LogP contribution in [0, 0.1) is 0 Å². The fourth-order valence-electron chi connectivity index (χ4n) is 1.15. The van der Waals surface area contributed by atoms with E-state index in [-0.39, 0.29) is 0 Å². The van der Waals surface area contributed by atoms with Crippen LogP contribution in [0.1, 0.15) is 13.3 Å². The minimum Gasteiger partial charge on any atom is -0.289 e. The zero-order valence-corrected chi connectivity index (χ0v) is 7.32. The molecule has 2 N–H and O–H groups in total. The van der Waals surface area contributed by atoms with Crippen molar-refractivity contribution in [3.63, 3.8) is 0 Å². The van der Waals surface area contributed by atoms with Gasteiger partial charge in [0.15, 0.2) is 5.17 Å². The van der Waals surface area contributed by atoms with E-state index in [2.05, 4.69) is 27.9 Å². The molecule has 4 nitrogen and oxygen atoms in total. The molecule has 1 atom stereocenters. The second-order valence-electron chi connectivity index (χ2n) is 2.61. The molecule has 0 aromatic carbocycles. The van der Waals surface area contributed by atoms with Crippen LogP contribution in [-0.2, 0) is 0 Å². The first-order chi connectivity index (χ1) is 5.40. The molecule has 0 aliphatic carbocycles. The van der Waals surface area contributed by atoms with Gasteiger partial charge in [0.25, 0.3) is 0 Å². The van der Waals surface area contributed by atoms with Crippen LogP contribution in [0.5, 0.6) is 0 Å². The molecule has 1 fully saturated rings. The zero-order chi connectivity index (χ0) is 7.68. The van der Waals surface area contributed by atoms with Gasteiger partial charge in [-0.3, -0.25) is 10.4 Å². The lowest BCUT2D eigenvalue weighted by atomic mass is 10.4. The van der Waals surface area contributed by atoms with Crippen molar-refractivity contribution in [3.05, 3.63) is 0 Å². The number of thioether (sulfide) groups is 1. The van der Waals surface area contributed by atoms with Gasteiger partial charge in [-0.15, -0.1) is 0 Å². The van der Waals surface area contributed by atoms with Crippen LogP contribution in [0.25, 0.3) is 0 Å². The fraction of sp³-hybridized carbons (Fsp3) is 0.833. The molecule has 0 aromatic heterocycles. The molecule has 11 heavy (non-hydrogen) atoms. The molecule has 1 unspecified atom stereocenters.